The first-order valence-electron chi connectivity index (χ1n) is 6.15. The Balaban J connectivity index is 2.17. The highest BCUT2D eigenvalue weighted by Gasteiger charge is 2.26. The molecular weight excluding hydrogens is 219 g/mol. The van der Waals surface area contributed by atoms with E-state index in [2.05, 4.69) is 4.90 Å². The van der Waals surface area contributed by atoms with Crippen molar-refractivity contribution in [3.63, 3.8) is 0 Å². The molecule has 1 aromatic rings. The summed E-state index contributed by atoms with van der Waals surface area (Å²) in [6.07, 6.45) is 4.09. The molecule has 3 N–H and O–H groups in total. The van der Waals surface area contributed by atoms with Crippen molar-refractivity contribution in [3.8, 4) is 0 Å². The highest BCUT2D eigenvalue weighted by molar-refractivity contribution is 5.55. The van der Waals surface area contributed by atoms with Gasteiger partial charge < -0.3 is 15.7 Å². The molecule has 0 heterocycles. The van der Waals surface area contributed by atoms with Crippen molar-refractivity contribution in [2.75, 3.05) is 23.8 Å². The van der Waals surface area contributed by atoms with E-state index in [0.717, 1.165) is 12.8 Å². The average Bonchev–Trinajstić information content (AvgIpc) is 2.22. The predicted molar refractivity (Wildman–Crippen MR) is 67.5 cm³/mol. The van der Waals surface area contributed by atoms with E-state index >= 15 is 0 Å². The number of rotatable bonds is 5. The van der Waals surface area contributed by atoms with Gasteiger partial charge in [-0.2, -0.15) is 0 Å². The van der Waals surface area contributed by atoms with Crippen molar-refractivity contribution >= 4 is 11.4 Å². The van der Waals surface area contributed by atoms with E-state index < -0.39 is 0 Å². The van der Waals surface area contributed by atoms with Crippen LogP contribution in [0.1, 0.15) is 25.7 Å². The fourth-order valence-electron chi connectivity index (χ4n) is 2.20. The number of hydrogen-bond acceptors (Lipinski definition) is 3. The van der Waals surface area contributed by atoms with Gasteiger partial charge in [-0.25, -0.2) is 4.39 Å². The monoisotopic (exact) mass is 238 g/mol. The van der Waals surface area contributed by atoms with E-state index in [1.165, 1.54) is 12.5 Å². The Hall–Kier alpha value is -1.29. The van der Waals surface area contributed by atoms with Gasteiger partial charge in [-0.1, -0.05) is 0 Å². The number of benzene rings is 1. The molecule has 17 heavy (non-hydrogen) atoms. The van der Waals surface area contributed by atoms with Crippen molar-refractivity contribution in [1.29, 1.82) is 0 Å². The van der Waals surface area contributed by atoms with Crippen LogP contribution in [0.25, 0.3) is 0 Å². The number of aliphatic hydroxyl groups is 1. The van der Waals surface area contributed by atoms with E-state index in [9.17, 15) is 4.39 Å². The fraction of sp³-hybridized carbons (Fsp3) is 0.538. The summed E-state index contributed by atoms with van der Waals surface area (Å²) in [5, 5.41) is 8.91. The number of aliphatic hydroxyl groups excluding tert-OH is 1. The van der Waals surface area contributed by atoms with Crippen LogP contribution in [-0.2, 0) is 0 Å². The lowest BCUT2D eigenvalue weighted by atomic mass is 9.91. The summed E-state index contributed by atoms with van der Waals surface area (Å²) in [5.74, 6) is -0.269. The van der Waals surface area contributed by atoms with Gasteiger partial charge in [-0.15, -0.1) is 0 Å². The van der Waals surface area contributed by atoms with Gasteiger partial charge in [0.25, 0.3) is 0 Å². The summed E-state index contributed by atoms with van der Waals surface area (Å²) in [7, 11) is 0. The summed E-state index contributed by atoms with van der Waals surface area (Å²) in [5.41, 5.74) is 6.61. The van der Waals surface area contributed by atoms with E-state index in [1.807, 2.05) is 0 Å². The molecule has 3 nitrogen and oxygen atoms in total. The number of nitrogen functional groups attached to an aromatic ring is 1. The Morgan fingerprint density at radius 1 is 1.41 bits per heavy atom. The molecule has 94 valence electrons. The van der Waals surface area contributed by atoms with Crippen molar-refractivity contribution in [2.24, 2.45) is 0 Å². The Morgan fingerprint density at radius 2 is 2.18 bits per heavy atom. The second kappa shape index (κ2) is 5.36. The predicted octanol–water partition coefficient (Wildman–Crippen LogP) is 2.15. The van der Waals surface area contributed by atoms with Crippen LogP contribution in [0.2, 0.25) is 0 Å². The first-order valence-corrected chi connectivity index (χ1v) is 6.15. The number of nitrogens with two attached hydrogens (primary N) is 1. The Morgan fingerprint density at radius 3 is 2.71 bits per heavy atom. The molecule has 2 rings (SSSR count). The highest BCUT2D eigenvalue weighted by Crippen LogP contribution is 2.31. The van der Waals surface area contributed by atoms with Gasteiger partial charge in [0.1, 0.15) is 5.82 Å². The summed E-state index contributed by atoms with van der Waals surface area (Å²) in [4.78, 5) is 2.06. The molecule has 1 aliphatic carbocycles. The van der Waals surface area contributed by atoms with Gasteiger partial charge in [-0.3, -0.25) is 0 Å². The quantitative estimate of drug-likeness (QED) is 0.773. The number of halogens is 1. The molecule has 0 aromatic heterocycles. The van der Waals surface area contributed by atoms with Gasteiger partial charge >= 0.3 is 0 Å². The van der Waals surface area contributed by atoms with Gasteiger partial charge in [0.15, 0.2) is 0 Å². The minimum absolute atomic E-state index is 0.139. The van der Waals surface area contributed by atoms with Crippen LogP contribution in [0.4, 0.5) is 15.8 Å². The maximum Gasteiger partial charge on any atom is 0.148 e. The lowest BCUT2D eigenvalue weighted by Crippen LogP contribution is -2.41. The summed E-state index contributed by atoms with van der Waals surface area (Å²) < 4.78 is 13.9. The normalized spacial score (nSPS) is 15.6. The Kier molecular flexibility index (Phi) is 3.84. The van der Waals surface area contributed by atoms with Crippen molar-refractivity contribution in [1.82, 2.24) is 0 Å². The fourth-order valence-corrected chi connectivity index (χ4v) is 2.20. The molecule has 0 radical (unpaired) electrons. The van der Waals surface area contributed by atoms with Crippen LogP contribution in [0.5, 0.6) is 0 Å². The molecule has 0 saturated heterocycles. The second-order valence-corrected chi connectivity index (χ2v) is 4.57. The molecule has 0 bridgehead atoms. The molecule has 1 aliphatic rings. The van der Waals surface area contributed by atoms with Crippen LogP contribution in [0.3, 0.4) is 0 Å². The first kappa shape index (κ1) is 12.2. The Labute approximate surface area is 101 Å². The van der Waals surface area contributed by atoms with E-state index in [1.54, 1.807) is 12.1 Å². The smallest absolute Gasteiger partial charge is 0.148 e. The van der Waals surface area contributed by atoms with Crippen molar-refractivity contribution in [3.05, 3.63) is 24.0 Å². The zero-order chi connectivity index (χ0) is 12.3. The second-order valence-electron chi connectivity index (χ2n) is 4.57. The molecule has 4 heteroatoms. The van der Waals surface area contributed by atoms with Crippen molar-refractivity contribution < 1.29 is 9.50 Å². The lowest BCUT2D eigenvalue weighted by molar-refractivity contribution is 0.282. The molecule has 0 atom stereocenters. The molecule has 0 aliphatic heterocycles. The average molecular weight is 238 g/mol. The highest BCUT2D eigenvalue weighted by atomic mass is 19.1. The van der Waals surface area contributed by atoms with Crippen LogP contribution in [0, 0.1) is 5.82 Å². The zero-order valence-electron chi connectivity index (χ0n) is 9.90. The van der Waals surface area contributed by atoms with Crippen molar-refractivity contribution in [2.45, 2.75) is 31.7 Å². The van der Waals surface area contributed by atoms with Gasteiger partial charge in [0, 0.05) is 24.9 Å². The molecule has 0 spiro atoms. The minimum atomic E-state index is -0.269. The largest absolute Gasteiger partial charge is 0.399 e. The molecule has 1 fully saturated rings. The molecule has 1 saturated carbocycles. The van der Waals surface area contributed by atoms with E-state index in [4.69, 9.17) is 10.8 Å². The standard InChI is InChI=1S/C13H19FN2O/c14-12-9-10(15)5-6-13(12)16(7-2-8-17)11-3-1-4-11/h5-6,9,11,17H,1-4,7-8,15H2. The van der Waals surface area contributed by atoms with Gasteiger partial charge in [0.05, 0.1) is 5.69 Å². The Bertz CT molecular complexity index is 380. The third-order valence-electron chi connectivity index (χ3n) is 3.35. The summed E-state index contributed by atoms with van der Waals surface area (Å²) in [6.45, 7) is 0.835. The molecule has 0 amide bonds. The maximum absolute atomic E-state index is 13.9. The first-order chi connectivity index (χ1) is 8.22. The summed E-state index contributed by atoms with van der Waals surface area (Å²) >= 11 is 0. The van der Waals surface area contributed by atoms with Gasteiger partial charge in [0.2, 0.25) is 0 Å². The van der Waals surface area contributed by atoms with Gasteiger partial charge in [-0.05, 0) is 43.9 Å². The zero-order valence-corrected chi connectivity index (χ0v) is 9.90. The van der Waals surface area contributed by atoms with E-state index in [-0.39, 0.29) is 12.4 Å². The third-order valence-corrected chi connectivity index (χ3v) is 3.35. The van der Waals surface area contributed by atoms with E-state index in [0.29, 0.717) is 30.4 Å². The SMILES string of the molecule is Nc1ccc(N(CCCO)C2CCC2)c(F)c1. The van der Waals surface area contributed by atoms with Crippen LogP contribution in [-0.4, -0.2) is 24.3 Å². The van der Waals surface area contributed by atoms with Crippen LogP contribution < -0.4 is 10.6 Å². The number of nitrogens with zero attached hydrogens (tertiary/aromatic N) is 1. The van der Waals surface area contributed by atoms with Crippen LogP contribution in [0.15, 0.2) is 18.2 Å². The topological polar surface area (TPSA) is 49.5 Å². The number of hydrogen-bond donors (Lipinski definition) is 2. The maximum atomic E-state index is 13.9. The summed E-state index contributed by atoms with van der Waals surface area (Å²) in [6, 6.07) is 5.24. The minimum Gasteiger partial charge on any atom is -0.399 e. The molecule has 0 unspecified atom stereocenters. The molecule has 1 aromatic carbocycles. The number of anilines is 2. The molecular formula is C13H19FN2O. The third kappa shape index (κ3) is 2.69. The lowest BCUT2D eigenvalue weighted by Gasteiger charge is -2.39. The van der Waals surface area contributed by atoms with Crippen LogP contribution >= 0.6 is 0 Å².